The van der Waals surface area contributed by atoms with Gasteiger partial charge in [0.1, 0.15) is 12.6 Å². The summed E-state index contributed by atoms with van der Waals surface area (Å²) < 4.78 is 32.7. The summed E-state index contributed by atoms with van der Waals surface area (Å²) in [5, 5.41) is 2.85. The molecule has 0 aliphatic carbocycles. The third kappa shape index (κ3) is 7.21. The molecule has 0 saturated carbocycles. The number of ether oxygens (including phenoxy) is 2. The zero-order chi connectivity index (χ0) is 11.7. The van der Waals surface area contributed by atoms with Crippen LogP contribution in [0.2, 0.25) is 0 Å². The fourth-order valence-electron chi connectivity index (χ4n) is 0.946. The van der Waals surface area contributed by atoms with E-state index in [0.717, 1.165) is 6.42 Å². The van der Waals surface area contributed by atoms with Crippen molar-refractivity contribution in [2.75, 3.05) is 26.9 Å². The second-order valence-electron chi connectivity index (χ2n) is 2.96. The number of esters is 1. The molecule has 0 amide bonds. The number of carbonyl (C=O) groups is 1. The van der Waals surface area contributed by atoms with Crippen LogP contribution >= 0.6 is 0 Å². The molecule has 0 aromatic carbocycles. The Bertz CT molecular complexity index is 179. The lowest BCUT2D eigenvalue weighted by Crippen LogP contribution is -2.42. The molecule has 4 nitrogen and oxygen atoms in total. The number of hydrogen-bond donors (Lipinski definition) is 1. The summed E-state index contributed by atoms with van der Waals surface area (Å²) in [5.41, 5.74) is 0. The van der Waals surface area contributed by atoms with Crippen LogP contribution < -0.4 is 5.32 Å². The Hall–Kier alpha value is -0.750. The van der Waals surface area contributed by atoms with Crippen molar-refractivity contribution in [3.63, 3.8) is 0 Å². The van der Waals surface area contributed by atoms with Crippen molar-refractivity contribution in [1.29, 1.82) is 0 Å². The maximum absolute atomic E-state index is 11.8. The van der Waals surface area contributed by atoms with Gasteiger partial charge in [0, 0.05) is 0 Å². The predicted octanol–water partition coefficient (Wildman–Crippen LogP) is 0.809. The summed E-state index contributed by atoms with van der Waals surface area (Å²) in [6, 6.07) is -0.673. The van der Waals surface area contributed by atoms with Crippen molar-refractivity contribution in [3.05, 3.63) is 0 Å². The molecule has 0 spiro atoms. The molecule has 0 bridgehead atoms. The first kappa shape index (κ1) is 14.2. The van der Waals surface area contributed by atoms with Gasteiger partial charge in [-0.3, -0.25) is 4.79 Å². The minimum atomic E-state index is -2.52. The number of rotatable bonds is 8. The third-order valence-corrected chi connectivity index (χ3v) is 1.65. The van der Waals surface area contributed by atoms with Crippen molar-refractivity contribution in [2.24, 2.45) is 0 Å². The average Bonchev–Trinajstić information content (AvgIpc) is 2.21. The lowest BCUT2D eigenvalue weighted by atomic mass is 10.3. The maximum atomic E-state index is 11.8. The molecule has 1 N–H and O–H groups in total. The van der Waals surface area contributed by atoms with Crippen LogP contribution in [-0.4, -0.2) is 45.3 Å². The van der Waals surface area contributed by atoms with E-state index in [9.17, 15) is 13.6 Å². The number of carbonyl (C=O) groups excluding carboxylic acids is 1. The Balaban J connectivity index is 3.84. The first-order chi connectivity index (χ1) is 7.11. The smallest absolute Gasteiger partial charge is 0.325 e. The largest absolute Gasteiger partial charge is 0.468 e. The summed E-state index contributed by atoms with van der Waals surface area (Å²) in [4.78, 5) is 11.1. The standard InChI is InChI=1S/C9H17F2NO3/c1-3-4-12-7(9(13)14-2)5-15-6-8(10)11/h7-8,12H,3-6H2,1-2H3. The quantitative estimate of drug-likeness (QED) is 0.621. The van der Waals surface area contributed by atoms with Crippen LogP contribution in [0.25, 0.3) is 0 Å². The topological polar surface area (TPSA) is 47.6 Å². The van der Waals surface area contributed by atoms with Gasteiger partial charge in [-0.2, -0.15) is 0 Å². The SMILES string of the molecule is CCCNC(COCC(F)F)C(=O)OC. The van der Waals surface area contributed by atoms with Gasteiger partial charge < -0.3 is 14.8 Å². The highest BCUT2D eigenvalue weighted by Gasteiger charge is 2.18. The monoisotopic (exact) mass is 225 g/mol. The Kier molecular flexibility index (Phi) is 8.12. The van der Waals surface area contributed by atoms with Crippen molar-refractivity contribution in [1.82, 2.24) is 5.32 Å². The van der Waals surface area contributed by atoms with E-state index in [-0.39, 0.29) is 6.61 Å². The molecule has 0 aliphatic rings. The second kappa shape index (κ2) is 8.55. The maximum Gasteiger partial charge on any atom is 0.325 e. The molecule has 1 atom stereocenters. The van der Waals surface area contributed by atoms with E-state index in [4.69, 9.17) is 0 Å². The Labute approximate surface area is 87.9 Å². The van der Waals surface area contributed by atoms with Gasteiger partial charge in [-0.1, -0.05) is 6.92 Å². The highest BCUT2D eigenvalue weighted by Crippen LogP contribution is 1.96. The van der Waals surface area contributed by atoms with Crippen LogP contribution in [0.3, 0.4) is 0 Å². The summed E-state index contributed by atoms with van der Waals surface area (Å²) in [6.45, 7) is 1.78. The molecular formula is C9H17F2NO3. The summed E-state index contributed by atoms with van der Waals surface area (Å²) >= 11 is 0. The van der Waals surface area contributed by atoms with Gasteiger partial charge in [-0.25, -0.2) is 8.78 Å². The lowest BCUT2D eigenvalue weighted by molar-refractivity contribution is -0.145. The number of alkyl halides is 2. The van der Waals surface area contributed by atoms with E-state index in [1.807, 2.05) is 6.92 Å². The van der Waals surface area contributed by atoms with Crippen LogP contribution in [0.1, 0.15) is 13.3 Å². The van der Waals surface area contributed by atoms with Crippen LogP contribution in [0.4, 0.5) is 8.78 Å². The van der Waals surface area contributed by atoms with Gasteiger partial charge in [0.05, 0.1) is 13.7 Å². The minimum Gasteiger partial charge on any atom is -0.468 e. The van der Waals surface area contributed by atoms with Gasteiger partial charge in [0.2, 0.25) is 0 Å². The molecule has 0 aliphatic heterocycles. The second-order valence-corrected chi connectivity index (χ2v) is 2.96. The summed E-state index contributed by atoms with van der Waals surface area (Å²) in [5.74, 6) is -0.502. The Morgan fingerprint density at radius 3 is 2.53 bits per heavy atom. The minimum absolute atomic E-state index is 0.100. The van der Waals surface area contributed by atoms with Crippen LogP contribution in [0.5, 0.6) is 0 Å². The molecule has 0 aromatic heterocycles. The van der Waals surface area contributed by atoms with Crippen molar-refractivity contribution in [2.45, 2.75) is 25.8 Å². The molecular weight excluding hydrogens is 208 g/mol. The molecule has 90 valence electrons. The van der Waals surface area contributed by atoms with Gasteiger partial charge in [-0.15, -0.1) is 0 Å². The fourth-order valence-corrected chi connectivity index (χ4v) is 0.946. The molecule has 0 radical (unpaired) electrons. The van der Waals surface area contributed by atoms with E-state index < -0.39 is 25.0 Å². The normalized spacial score (nSPS) is 12.9. The van der Waals surface area contributed by atoms with Gasteiger partial charge in [-0.05, 0) is 13.0 Å². The first-order valence-electron chi connectivity index (χ1n) is 4.78. The van der Waals surface area contributed by atoms with Gasteiger partial charge >= 0.3 is 5.97 Å². The number of nitrogens with one attached hydrogen (secondary N) is 1. The zero-order valence-corrected chi connectivity index (χ0v) is 8.96. The highest BCUT2D eigenvalue weighted by atomic mass is 19.3. The average molecular weight is 225 g/mol. The van der Waals surface area contributed by atoms with E-state index in [0.29, 0.717) is 6.54 Å². The molecule has 1 unspecified atom stereocenters. The predicted molar refractivity (Wildman–Crippen MR) is 50.9 cm³/mol. The molecule has 15 heavy (non-hydrogen) atoms. The van der Waals surface area contributed by atoms with Crippen molar-refractivity contribution in [3.8, 4) is 0 Å². The fraction of sp³-hybridized carbons (Fsp3) is 0.889. The van der Waals surface area contributed by atoms with E-state index in [2.05, 4.69) is 14.8 Å². The highest BCUT2D eigenvalue weighted by molar-refractivity contribution is 5.75. The van der Waals surface area contributed by atoms with Gasteiger partial charge in [0.15, 0.2) is 0 Å². The number of methoxy groups -OCH3 is 1. The molecule has 0 aromatic rings. The Morgan fingerprint density at radius 1 is 1.40 bits per heavy atom. The summed E-state index contributed by atoms with van der Waals surface area (Å²) in [6.07, 6.45) is -1.68. The number of hydrogen-bond acceptors (Lipinski definition) is 4. The van der Waals surface area contributed by atoms with Crippen molar-refractivity contribution >= 4 is 5.97 Å². The third-order valence-electron chi connectivity index (χ3n) is 1.65. The Morgan fingerprint density at radius 2 is 2.07 bits per heavy atom. The molecule has 0 saturated heterocycles. The van der Waals surface area contributed by atoms with E-state index >= 15 is 0 Å². The van der Waals surface area contributed by atoms with Crippen LogP contribution in [-0.2, 0) is 14.3 Å². The first-order valence-corrected chi connectivity index (χ1v) is 4.78. The van der Waals surface area contributed by atoms with E-state index in [1.54, 1.807) is 0 Å². The molecule has 6 heteroatoms. The summed E-state index contributed by atoms with van der Waals surface area (Å²) in [7, 11) is 1.25. The van der Waals surface area contributed by atoms with Crippen LogP contribution in [0.15, 0.2) is 0 Å². The lowest BCUT2D eigenvalue weighted by Gasteiger charge is -2.15. The molecule has 0 fully saturated rings. The molecule has 0 heterocycles. The van der Waals surface area contributed by atoms with Crippen LogP contribution in [0, 0.1) is 0 Å². The van der Waals surface area contributed by atoms with Gasteiger partial charge in [0.25, 0.3) is 6.43 Å². The zero-order valence-electron chi connectivity index (χ0n) is 8.96. The molecule has 0 rings (SSSR count). The van der Waals surface area contributed by atoms with Crippen molar-refractivity contribution < 1.29 is 23.0 Å². The number of halogens is 2. The van der Waals surface area contributed by atoms with E-state index in [1.165, 1.54) is 7.11 Å².